The van der Waals surface area contributed by atoms with Gasteiger partial charge in [0.25, 0.3) is 0 Å². The molecule has 0 amide bonds. The summed E-state index contributed by atoms with van der Waals surface area (Å²) in [6, 6.07) is 19.2. The minimum Gasteiger partial charge on any atom is -0.342 e. The lowest BCUT2D eigenvalue weighted by Gasteiger charge is -2.03. The van der Waals surface area contributed by atoms with Gasteiger partial charge in [0.1, 0.15) is 6.54 Å². The third-order valence-electron chi connectivity index (χ3n) is 5.60. The van der Waals surface area contributed by atoms with Crippen LogP contribution in [-0.4, -0.2) is 11.2 Å². The predicted octanol–water partition coefficient (Wildman–Crippen LogP) is 6.48. The van der Waals surface area contributed by atoms with Gasteiger partial charge >= 0.3 is 0 Å². The molecule has 0 saturated heterocycles. The van der Waals surface area contributed by atoms with Crippen molar-refractivity contribution in [1.29, 1.82) is 0 Å². The Bertz CT molecular complexity index is 825. The number of aromatic nitrogens is 2. The van der Waals surface area contributed by atoms with Gasteiger partial charge in [-0.2, -0.15) is 0 Å². The van der Waals surface area contributed by atoms with Crippen LogP contribution in [0.3, 0.4) is 0 Å². The van der Waals surface area contributed by atoms with Crippen molar-refractivity contribution in [3.8, 4) is 0 Å². The van der Waals surface area contributed by atoms with E-state index in [9.17, 15) is 0 Å². The predicted molar refractivity (Wildman–Crippen MR) is 121 cm³/mol. The van der Waals surface area contributed by atoms with E-state index in [1.165, 1.54) is 68.0 Å². The zero-order valence-corrected chi connectivity index (χ0v) is 18.1. The molecule has 0 radical (unpaired) electrons. The second-order valence-corrected chi connectivity index (χ2v) is 8.05. The minimum absolute atomic E-state index is 0.624. The topological polar surface area (TPSA) is 18.0 Å². The highest BCUT2D eigenvalue weighted by Gasteiger charge is 2.15. The van der Waals surface area contributed by atoms with Gasteiger partial charge in [-0.25, -0.2) is 9.13 Å². The van der Waals surface area contributed by atoms with Crippen LogP contribution in [-0.2, 0) is 18.0 Å². The summed E-state index contributed by atoms with van der Waals surface area (Å²) in [5, 5.41) is 0. The molecular weight excluding hydrogens is 356 g/mol. The average Bonchev–Trinajstić information content (AvgIpc) is 3.10. The first-order valence-corrected chi connectivity index (χ1v) is 11.5. The number of para-hydroxylation sites is 2. The Labute approximate surface area is 176 Å². The van der Waals surface area contributed by atoms with E-state index in [4.69, 9.17) is 4.74 Å². The number of benzene rings is 2. The Kier molecular flexibility index (Phi) is 9.25. The maximum absolute atomic E-state index is 6.00. The molecule has 0 saturated carbocycles. The molecule has 0 bridgehead atoms. The molecule has 0 aliphatic carbocycles. The molecule has 1 aromatic heterocycles. The molecule has 3 heteroatoms. The van der Waals surface area contributed by atoms with Crippen molar-refractivity contribution < 1.29 is 9.30 Å². The van der Waals surface area contributed by atoms with Crippen LogP contribution in [0.2, 0.25) is 0 Å². The molecule has 29 heavy (non-hydrogen) atoms. The fourth-order valence-corrected chi connectivity index (χ4v) is 3.93. The third-order valence-corrected chi connectivity index (χ3v) is 5.60. The van der Waals surface area contributed by atoms with Crippen LogP contribution in [0.5, 0.6) is 0 Å². The van der Waals surface area contributed by atoms with E-state index in [0.717, 1.165) is 19.6 Å². The minimum atomic E-state index is 0.624. The highest BCUT2D eigenvalue weighted by Crippen LogP contribution is 2.13. The standard InChI is InChI=1S/C26H37N2O/c1-2-3-4-5-6-7-8-9-15-20-29-23-28-22-27(21-24-16-11-10-12-17-24)25-18-13-14-19-26(25)28/h10-14,16-19,22H,2-9,15,20-21,23H2,1H3/q+1. The summed E-state index contributed by atoms with van der Waals surface area (Å²) in [6.45, 7) is 4.63. The maximum atomic E-state index is 6.00. The number of imidazole rings is 1. The summed E-state index contributed by atoms with van der Waals surface area (Å²) in [6.07, 6.45) is 14.3. The van der Waals surface area contributed by atoms with Crippen molar-refractivity contribution in [3.63, 3.8) is 0 Å². The highest BCUT2D eigenvalue weighted by atomic mass is 16.5. The van der Waals surface area contributed by atoms with E-state index in [0.29, 0.717) is 6.73 Å². The Morgan fingerprint density at radius 1 is 0.759 bits per heavy atom. The van der Waals surface area contributed by atoms with Crippen LogP contribution in [0, 0.1) is 0 Å². The summed E-state index contributed by atoms with van der Waals surface area (Å²) in [5.41, 5.74) is 3.80. The van der Waals surface area contributed by atoms with E-state index < -0.39 is 0 Å². The van der Waals surface area contributed by atoms with Gasteiger partial charge in [0, 0.05) is 0 Å². The van der Waals surface area contributed by atoms with Gasteiger partial charge in [-0.05, 0) is 24.1 Å². The number of fused-ring (bicyclic) bond motifs is 1. The van der Waals surface area contributed by atoms with Crippen LogP contribution < -0.4 is 4.57 Å². The zero-order valence-electron chi connectivity index (χ0n) is 18.1. The van der Waals surface area contributed by atoms with E-state index in [1.54, 1.807) is 0 Å². The van der Waals surface area contributed by atoms with Crippen molar-refractivity contribution in [2.45, 2.75) is 78.0 Å². The van der Waals surface area contributed by atoms with Gasteiger partial charge < -0.3 is 4.74 Å². The Morgan fingerprint density at radius 3 is 2.17 bits per heavy atom. The fourth-order valence-electron chi connectivity index (χ4n) is 3.93. The smallest absolute Gasteiger partial charge is 0.246 e. The van der Waals surface area contributed by atoms with Gasteiger partial charge in [-0.3, -0.25) is 0 Å². The lowest BCUT2D eigenvalue weighted by molar-refractivity contribution is -0.663. The van der Waals surface area contributed by atoms with Crippen molar-refractivity contribution in [2.24, 2.45) is 0 Å². The molecule has 3 aromatic rings. The van der Waals surface area contributed by atoms with E-state index in [2.05, 4.69) is 77.0 Å². The SMILES string of the molecule is CCCCCCCCCCCOCn1c[n+](Cc2ccccc2)c2ccccc21. The molecule has 0 N–H and O–H groups in total. The Morgan fingerprint density at radius 2 is 1.41 bits per heavy atom. The number of rotatable bonds is 14. The van der Waals surface area contributed by atoms with Crippen LogP contribution in [0.1, 0.15) is 70.3 Å². The molecule has 0 unspecified atom stereocenters. The fraction of sp³-hybridized carbons (Fsp3) is 0.500. The lowest BCUT2D eigenvalue weighted by Crippen LogP contribution is -2.32. The molecule has 3 rings (SSSR count). The summed E-state index contributed by atoms with van der Waals surface area (Å²) in [4.78, 5) is 0. The molecule has 156 valence electrons. The molecule has 3 nitrogen and oxygen atoms in total. The Hall–Kier alpha value is -2.13. The summed E-state index contributed by atoms with van der Waals surface area (Å²) >= 11 is 0. The summed E-state index contributed by atoms with van der Waals surface area (Å²) in [5.74, 6) is 0. The van der Waals surface area contributed by atoms with Gasteiger partial charge in [-0.1, -0.05) is 101 Å². The first kappa shape index (κ1) is 21.6. The molecule has 2 aromatic carbocycles. The van der Waals surface area contributed by atoms with E-state index in [-0.39, 0.29) is 0 Å². The number of hydrogen-bond donors (Lipinski definition) is 0. The van der Waals surface area contributed by atoms with Crippen molar-refractivity contribution in [2.75, 3.05) is 6.61 Å². The van der Waals surface area contributed by atoms with Crippen LogP contribution in [0.25, 0.3) is 11.0 Å². The summed E-state index contributed by atoms with van der Waals surface area (Å²) in [7, 11) is 0. The maximum Gasteiger partial charge on any atom is 0.246 e. The van der Waals surface area contributed by atoms with Crippen LogP contribution in [0.15, 0.2) is 60.9 Å². The second kappa shape index (κ2) is 12.4. The van der Waals surface area contributed by atoms with E-state index >= 15 is 0 Å². The average molecular weight is 394 g/mol. The third kappa shape index (κ3) is 7.01. The van der Waals surface area contributed by atoms with Crippen molar-refractivity contribution in [3.05, 3.63) is 66.5 Å². The van der Waals surface area contributed by atoms with Gasteiger partial charge in [0.2, 0.25) is 6.33 Å². The zero-order chi connectivity index (χ0) is 20.2. The van der Waals surface area contributed by atoms with Crippen LogP contribution >= 0.6 is 0 Å². The van der Waals surface area contributed by atoms with Gasteiger partial charge in [-0.15, -0.1) is 0 Å². The Balaban J connectivity index is 1.41. The molecular formula is C26H37N2O+. The molecule has 1 heterocycles. The first-order chi connectivity index (χ1) is 14.4. The molecule has 0 atom stereocenters. The van der Waals surface area contributed by atoms with E-state index in [1.807, 2.05) is 0 Å². The number of hydrogen-bond acceptors (Lipinski definition) is 1. The molecule has 0 aliphatic rings. The normalized spacial score (nSPS) is 11.3. The van der Waals surface area contributed by atoms with Crippen molar-refractivity contribution >= 4 is 11.0 Å². The lowest BCUT2D eigenvalue weighted by atomic mass is 10.1. The quantitative estimate of drug-likeness (QED) is 0.226. The monoisotopic (exact) mass is 393 g/mol. The van der Waals surface area contributed by atoms with Crippen molar-refractivity contribution in [1.82, 2.24) is 4.57 Å². The van der Waals surface area contributed by atoms with Gasteiger partial charge in [0.15, 0.2) is 17.8 Å². The number of nitrogens with zero attached hydrogens (tertiary/aromatic N) is 2. The highest BCUT2D eigenvalue weighted by molar-refractivity contribution is 5.71. The first-order valence-electron chi connectivity index (χ1n) is 11.5. The second-order valence-electron chi connectivity index (χ2n) is 8.05. The molecule has 0 spiro atoms. The molecule has 0 aliphatic heterocycles. The number of ether oxygens (including phenoxy) is 1. The number of unbranched alkanes of at least 4 members (excludes halogenated alkanes) is 8. The summed E-state index contributed by atoms with van der Waals surface area (Å²) < 4.78 is 10.5. The largest absolute Gasteiger partial charge is 0.342 e. The van der Waals surface area contributed by atoms with Gasteiger partial charge in [0.05, 0.1) is 6.61 Å². The molecule has 0 fully saturated rings. The van der Waals surface area contributed by atoms with Crippen LogP contribution in [0.4, 0.5) is 0 Å².